The average Bonchev–Trinajstić information content (AvgIpc) is 2.16. The lowest BCUT2D eigenvalue weighted by atomic mass is 9.88. The van der Waals surface area contributed by atoms with Crippen molar-refractivity contribution < 1.29 is 14.6 Å². The third-order valence-electron chi connectivity index (χ3n) is 2.44. The van der Waals surface area contributed by atoms with Crippen LogP contribution in [0.1, 0.15) is 25.7 Å². The SMILES string of the molecule is C=CC(=O)OCC1CCC(O)CC1. The van der Waals surface area contributed by atoms with Gasteiger partial charge in [-0.05, 0) is 31.6 Å². The zero-order valence-electron chi connectivity index (χ0n) is 7.74. The van der Waals surface area contributed by atoms with Gasteiger partial charge in [-0.2, -0.15) is 0 Å². The van der Waals surface area contributed by atoms with Gasteiger partial charge in [-0.1, -0.05) is 6.58 Å². The first-order chi connectivity index (χ1) is 6.22. The van der Waals surface area contributed by atoms with Crippen molar-refractivity contribution in [3.63, 3.8) is 0 Å². The highest BCUT2D eigenvalue weighted by Gasteiger charge is 2.19. The summed E-state index contributed by atoms with van der Waals surface area (Å²) in [5.41, 5.74) is 0. The highest BCUT2D eigenvalue weighted by atomic mass is 16.5. The maximum atomic E-state index is 10.7. The number of esters is 1. The smallest absolute Gasteiger partial charge is 0.330 e. The largest absolute Gasteiger partial charge is 0.462 e. The van der Waals surface area contributed by atoms with Crippen LogP contribution in [0.3, 0.4) is 0 Å². The fourth-order valence-electron chi connectivity index (χ4n) is 1.57. The molecule has 1 saturated carbocycles. The van der Waals surface area contributed by atoms with Crippen molar-refractivity contribution in [2.75, 3.05) is 6.61 Å². The number of carbonyl (C=O) groups is 1. The first-order valence-electron chi connectivity index (χ1n) is 4.69. The highest BCUT2D eigenvalue weighted by Crippen LogP contribution is 2.24. The molecule has 0 bridgehead atoms. The van der Waals surface area contributed by atoms with Gasteiger partial charge >= 0.3 is 5.97 Å². The van der Waals surface area contributed by atoms with Gasteiger partial charge < -0.3 is 9.84 Å². The number of carbonyl (C=O) groups excluding carboxylic acids is 1. The topological polar surface area (TPSA) is 46.5 Å². The van der Waals surface area contributed by atoms with Crippen LogP contribution in [0.15, 0.2) is 12.7 Å². The minimum atomic E-state index is -0.355. The molecule has 1 fully saturated rings. The van der Waals surface area contributed by atoms with Crippen molar-refractivity contribution in [1.29, 1.82) is 0 Å². The van der Waals surface area contributed by atoms with Gasteiger partial charge in [0.15, 0.2) is 0 Å². The minimum Gasteiger partial charge on any atom is -0.462 e. The maximum Gasteiger partial charge on any atom is 0.330 e. The first kappa shape index (κ1) is 10.3. The second kappa shape index (κ2) is 5.02. The molecule has 0 radical (unpaired) electrons. The summed E-state index contributed by atoms with van der Waals surface area (Å²) in [5, 5.41) is 9.23. The Kier molecular flexibility index (Phi) is 3.96. The Morgan fingerprint density at radius 2 is 2.08 bits per heavy atom. The number of hydrogen-bond acceptors (Lipinski definition) is 3. The van der Waals surface area contributed by atoms with E-state index in [9.17, 15) is 9.90 Å². The molecule has 74 valence electrons. The third-order valence-corrected chi connectivity index (χ3v) is 2.44. The molecular weight excluding hydrogens is 168 g/mol. The second-order valence-corrected chi connectivity index (χ2v) is 3.51. The molecule has 1 aliphatic rings. The van der Waals surface area contributed by atoms with Crippen LogP contribution in [0.2, 0.25) is 0 Å². The fourth-order valence-corrected chi connectivity index (χ4v) is 1.57. The molecule has 0 heterocycles. The van der Waals surface area contributed by atoms with Crippen LogP contribution in [0.4, 0.5) is 0 Å². The Morgan fingerprint density at radius 3 is 2.62 bits per heavy atom. The van der Waals surface area contributed by atoms with E-state index in [0.717, 1.165) is 25.7 Å². The molecule has 0 aromatic carbocycles. The van der Waals surface area contributed by atoms with Gasteiger partial charge in [0.1, 0.15) is 0 Å². The number of aliphatic hydroxyl groups excluding tert-OH is 1. The Hall–Kier alpha value is -0.830. The Labute approximate surface area is 78.4 Å². The molecule has 0 atom stereocenters. The molecule has 0 aromatic rings. The Bertz CT molecular complexity index is 181. The van der Waals surface area contributed by atoms with Crippen LogP contribution in [-0.4, -0.2) is 23.8 Å². The van der Waals surface area contributed by atoms with Crippen LogP contribution in [0.5, 0.6) is 0 Å². The molecule has 0 unspecified atom stereocenters. The summed E-state index contributed by atoms with van der Waals surface area (Å²) >= 11 is 0. The van der Waals surface area contributed by atoms with Crippen LogP contribution in [-0.2, 0) is 9.53 Å². The highest BCUT2D eigenvalue weighted by molar-refractivity contribution is 5.81. The average molecular weight is 184 g/mol. The molecule has 0 amide bonds. The normalized spacial score (nSPS) is 28.1. The number of ether oxygens (including phenoxy) is 1. The van der Waals surface area contributed by atoms with Crippen LogP contribution in [0, 0.1) is 5.92 Å². The second-order valence-electron chi connectivity index (χ2n) is 3.51. The van der Waals surface area contributed by atoms with Crippen molar-refractivity contribution in [3.05, 3.63) is 12.7 Å². The van der Waals surface area contributed by atoms with E-state index >= 15 is 0 Å². The van der Waals surface area contributed by atoms with E-state index in [1.807, 2.05) is 0 Å². The van der Waals surface area contributed by atoms with Gasteiger partial charge in [-0.25, -0.2) is 4.79 Å². The maximum absolute atomic E-state index is 10.7. The Balaban J connectivity index is 2.15. The van der Waals surface area contributed by atoms with Gasteiger partial charge in [-0.15, -0.1) is 0 Å². The van der Waals surface area contributed by atoms with E-state index in [1.165, 1.54) is 6.08 Å². The third kappa shape index (κ3) is 3.59. The van der Waals surface area contributed by atoms with Gasteiger partial charge in [0.25, 0.3) is 0 Å². The van der Waals surface area contributed by atoms with E-state index in [0.29, 0.717) is 12.5 Å². The lowest BCUT2D eigenvalue weighted by Gasteiger charge is -2.24. The lowest BCUT2D eigenvalue weighted by molar-refractivity contribution is -0.139. The van der Waals surface area contributed by atoms with Gasteiger partial charge in [0.05, 0.1) is 12.7 Å². The molecule has 0 aliphatic heterocycles. The summed E-state index contributed by atoms with van der Waals surface area (Å²) in [6, 6.07) is 0. The lowest BCUT2D eigenvalue weighted by Crippen LogP contribution is -2.22. The molecular formula is C10H16O3. The van der Waals surface area contributed by atoms with E-state index in [2.05, 4.69) is 6.58 Å². The Morgan fingerprint density at radius 1 is 1.46 bits per heavy atom. The van der Waals surface area contributed by atoms with E-state index in [-0.39, 0.29) is 12.1 Å². The quantitative estimate of drug-likeness (QED) is 0.530. The van der Waals surface area contributed by atoms with E-state index < -0.39 is 0 Å². The van der Waals surface area contributed by atoms with Crippen molar-refractivity contribution >= 4 is 5.97 Å². The first-order valence-corrected chi connectivity index (χ1v) is 4.69. The van der Waals surface area contributed by atoms with Crippen LogP contribution < -0.4 is 0 Å². The summed E-state index contributed by atoms with van der Waals surface area (Å²) in [7, 11) is 0. The molecule has 0 saturated heterocycles. The van der Waals surface area contributed by atoms with Crippen LogP contribution >= 0.6 is 0 Å². The van der Waals surface area contributed by atoms with E-state index in [4.69, 9.17) is 4.74 Å². The predicted molar refractivity (Wildman–Crippen MR) is 49.1 cm³/mol. The van der Waals surface area contributed by atoms with Crippen molar-refractivity contribution in [2.24, 2.45) is 5.92 Å². The van der Waals surface area contributed by atoms with Crippen molar-refractivity contribution in [1.82, 2.24) is 0 Å². The number of aliphatic hydroxyl groups is 1. The van der Waals surface area contributed by atoms with Gasteiger partial charge in [0.2, 0.25) is 0 Å². The molecule has 1 N–H and O–H groups in total. The summed E-state index contributed by atoms with van der Waals surface area (Å²) in [4.78, 5) is 10.7. The van der Waals surface area contributed by atoms with Crippen molar-refractivity contribution in [2.45, 2.75) is 31.8 Å². The standard InChI is InChI=1S/C10H16O3/c1-2-10(12)13-7-8-3-5-9(11)6-4-8/h2,8-9,11H,1,3-7H2. The minimum absolute atomic E-state index is 0.147. The monoisotopic (exact) mass is 184 g/mol. The molecule has 3 nitrogen and oxygen atoms in total. The molecule has 3 heteroatoms. The van der Waals surface area contributed by atoms with Crippen molar-refractivity contribution in [3.8, 4) is 0 Å². The summed E-state index contributed by atoms with van der Waals surface area (Å²) in [6.07, 6.45) is 4.59. The zero-order chi connectivity index (χ0) is 9.68. The van der Waals surface area contributed by atoms with E-state index in [1.54, 1.807) is 0 Å². The molecule has 0 aromatic heterocycles. The molecule has 0 spiro atoms. The summed E-state index contributed by atoms with van der Waals surface area (Å²) in [5.74, 6) is 0.0680. The number of rotatable bonds is 3. The van der Waals surface area contributed by atoms with Gasteiger partial charge in [0, 0.05) is 6.08 Å². The number of hydrogen-bond donors (Lipinski definition) is 1. The molecule has 13 heavy (non-hydrogen) atoms. The van der Waals surface area contributed by atoms with Gasteiger partial charge in [-0.3, -0.25) is 0 Å². The van der Waals surface area contributed by atoms with Crippen LogP contribution in [0.25, 0.3) is 0 Å². The summed E-state index contributed by atoms with van der Waals surface area (Å²) in [6.45, 7) is 3.79. The fraction of sp³-hybridized carbons (Fsp3) is 0.700. The zero-order valence-corrected chi connectivity index (χ0v) is 7.74. The predicted octanol–water partition coefficient (Wildman–Crippen LogP) is 1.27. The molecule has 1 aliphatic carbocycles. The summed E-state index contributed by atoms with van der Waals surface area (Å²) < 4.78 is 4.93. The molecule has 1 rings (SSSR count).